The van der Waals surface area contributed by atoms with Crippen molar-refractivity contribution in [1.82, 2.24) is 10.3 Å². The molecule has 0 aromatic carbocycles. The Labute approximate surface area is 108 Å². The summed E-state index contributed by atoms with van der Waals surface area (Å²) in [5.41, 5.74) is 0.000280. The smallest absolute Gasteiger partial charge is 0.208 e. The standard InChI is InChI=1S/C13H22N2O3/c1-16-7-6-14-10-12-15-9-11(18-12)8-13(17-2)4-3-5-13/h9,14H,3-8,10H2,1-2H3. The van der Waals surface area contributed by atoms with E-state index in [2.05, 4.69) is 10.3 Å². The van der Waals surface area contributed by atoms with Gasteiger partial charge in [0.2, 0.25) is 5.89 Å². The first kappa shape index (κ1) is 13.5. The molecule has 0 spiro atoms. The Balaban J connectivity index is 1.79. The van der Waals surface area contributed by atoms with E-state index in [9.17, 15) is 0 Å². The van der Waals surface area contributed by atoms with E-state index in [0.29, 0.717) is 13.2 Å². The molecule has 1 heterocycles. The van der Waals surface area contributed by atoms with Crippen LogP contribution in [0.2, 0.25) is 0 Å². The van der Waals surface area contributed by atoms with Gasteiger partial charge in [0.1, 0.15) is 5.76 Å². The first-order valence-electron chi connectivity index (χ1n) is 6.46. The lowest BCUT2D eigenvalue weighted by atomic mass is 9.77. The van der Waals surface area contributed by atoms with Gasteiger partial charge in [-0.1, -0.05) is 0 Å². The summed E-state index contributed by atoms with van der Waals surface area (Å²) in [4.78, 5) is 4.27. The average Bonchev–Trinajstić information content (AvgIpc) is 2.77. The van der Waals surface area contributed by atoms with Gasteiger partial charge in [-0.25, -0.2) is 4.98 Å². The van der Waals surface area contributed by atoms with E-state index in [4.69, 9.17) is 13.9 Å². The molecule has 0 amide bonds. The van der Waals surface area contributed by atoms with E-state index < -0.39 is 0 Å². The van der Waals surface area contributed by atoms with Gasteiger partial charge in [-0.15, -0.1) is 0 Å². The van der Waals surface area contributed by atoms with Crippen LogP contribution >= 0.6 is 0 Å². The lowest BCUT2D eigenvalue weighted by Gasteiger charge is -2.39. The van der Waals surface area contributed by atoms with Crippen molar-refractivity contribution in [3.05, 3.63) is 17.8 Å². The van der Waals surface area contributed by atoms with Gasteiger partial charge in [-0.2, -0.15) is 0 Å². The lowest BCUT2D eigenvalue weighted by molar-refractivity contribution is -0.0738. The number of rotatable bonds is 8. The van der Waals surface area contributed by atoms with Crippen LogP contribution in [0, 0.1) is 0 Å². The Morgan fingerprint density at radius 3 is 2.89 bits per heavy atom. The van der Waals surface area contributed by atoms with E-state index >= 15 is 0 Å². The molecule has 18 heavy (non-hydrogen) atoms. The molecule has 1 aliphatic carbocycles. The van der Waals surface area contributed by atoms with Gasteiger partial charge in [-0.3, -0.25) is 0 Å². The number of nitrogens with zero attached hydrogens (tertiary/aromatic N) is 1. The molecule has 1 aromatic rings. The molecule has 2 rings (SSSR count). The van der Waals surface area contributed by atoms with Crippen LogP contribution in [-0.2, 0) is 22.4 Å². The maximum atomic E-state index is 5.70. The number of methoxy groups -OCH3 is 2. The van der Waals surface area contributed by atoms with E-state index in [1.165, 1.54) is 6.42 Å². The largest absolute Gasteiger partial charge is 0.444 e. The first-order valence-corrected chi connectivity index (χ1v) is 6.46. The third-order valence-electron chi connectivity index (χ3n) is 3.55. The van der Waals surface area contributed by atoms with Crippen molar-refractivity contribution in [3.8, 4) is 0 Å². The molecule has 0 atom stereocenters. The number of hydrogen-bond acceptors (Lipinski definition) is 5. The fraction of sp³-hybridized carbons (Fsp3) is 0.769. The highest BCUT2D eigenvalue weighted by atomic mass is 16.5. The van der Waals surface area contributed by atoms with Gasteiger partial charge in [0, 0.05) is 27.2 Å². The summed E-state index contributed by atoms with van der Waals surface area (Å²) in [5.74, 6) is 1.65. The van der Waals surface area contributed by atoms with Crippen LogP contribution in [0.1, 0.15) is 30.9 Å². The zero-order valence-corrected chi connectivity index (χ0v) is 11.2. The molecule has 0 aliphatic heterocycles. The number of hydrogen-bond donors (Lipinski definition) is 1. The van der Waals surface area contributed by atoms with E-state index in [0.717, 1.165) is 37.5 Å². The SMILES string of the molecule is COCCNCc1ncc(CC2(OC)CCC2)o1. The Morgan fingerprint density at radius 1 is 1.44 bits per heavy atom. The molecule has 1 saturated carbocycles. The lowest BCUT2D eigenvalue weighted by Crippen LogP contribution is -2.41. The second kappa shape index (κ2) is 6.31. The molecule has 1 fully saturated rings. The third kappa shape index (κ3) is 3.31. The highest BCUT2D eigenvalue weighted by Gasteiger charge is 2.38. The third-order valence-corrected chi connectivity index (χ3v) is 3.55. The van der Waals surface area contributed by atoms with E-state index in [1.807, 2.05) is 6.20 Å². The minimum atomic E-state index is 0.000280. The molecule has 0 unspecified atom stereocenters. The second-order valence-corrected chi connectivity index (χ2v) is 4.81. The fourth-order valence-electron chi connectivity index (χ4n) is 2.22. The molecule has 1 aromatic heterocycles. The zero-order valence-electron chi connectivity index (χ0n) is 11.2. The monoisotopic (exact) mass is 254 g/mol. The van der Waals surface area contributed by atoms with Crippen molar-refractivity contribution < 1.29 is 13.9 Å². The topological polar surface area (TPSA) is 56.5 Å². The van der Waals surface area contributed by atoms with Crippen LogP contribution in [0.4, 0.5) is 0 Å². The second-order valence-electron chi connectivity index (χ2n) is 4.81. The van der Waals surface area contributed by atoms with Crippen LogP contribution in [0.5, 0.6) is 0 Å². The van der Waals surface area contributed by atoms with Crippen LogP contribution in [-0.4, -0.2) is 38.0 Å². The molecule has 0 saturated heterocycles. The highest BCUT2D eigenvalue weighted by molar-refractivity contribution is 5.03. The summed E-state index contributed by atoms with van der Waals surface area (Å²) in [7, 11) is 3.47. The van der Waals surface area contributed by atoms with Gasteiger partial charge in [0.25, 0.3) is 0 Å². The van der Waals surface area contributed by atoms with Crippen LogP contribution in [0.25, 0.3) is 0 Å². The predicted molar refractivity (Wildman–Crippen MR) is 67.4 cm³/mol. The maximum Gasteiger partial charge on any atom is 0.208 e. The van der Waals surface area contributed by atoms with Gasteiger partial charge < -0.3 is 19.2 Å². The Bertz CT molecular complexity index is 355. The van der Waals surface area contributed by atoms with Gasteiger partial charge in [0.15, 0.2) is 0 Å². The van der Waals surface area contributed by atoms with Crippen molar-refractivity contribution in [3.63, 3.8) is 0 Å². The predicted octanol–water partition coefficient (Wildman–Crippen LogP) is 1.52. The van der Waals surface area contributed by atoms with Crippen LogP contribution in [0.3, 0.4) is 0 Å². The molecule has 102 valence electrons. The van der Waals surface area contributed by atoms with Crippen molar-refractivity contribution in [2.45, 2.75) is 37.8 Å². The van der Waals surface area contributed by atoms with Gasteiger partial charge in [-0.05, 0) is 19.3 Å². The molecule has 0 radical (unpaired) electrons. The zero-order chi connectivity index (χ0) is 12.8. The van der Waals surface area contributed by atoms with Crippen molar-refractivity contribution in [1.29, 1.82) is 0 Å². The summed E-state index contributed by atoms with van der Waals surface area (Å²) in [6.45, 7) is 2.14. The summed E-state index contributed by atoms with van der Waals surface area (Å²) in [6.07, 6.45) is 6.12. The molecule has 5 nitrogen and oxygen atoms in total. The fourth-order valence-corrected chi connectivity index (χ4v) is 2.22. The van der Waals surface area contributed by atoms with Crippen molar-refractivity contribution in [2.75, 3.05) is 27.4 Å². The Hall–Kier alpha value is -0.910. The highest BCUT2D eigenvalue weighted by Crippen LogP contribution is 2.37. The number of nitrogens with one attached hydrogen (secondary N) is 1. The van der Waals surface area contributed by atoms with E-state index in [-0.39, 0.29) is 5.60 Å². The van der Waals surface area contributed by atoms with Gasteiger partial charge in [0.05, 0.1) is 24.9 Å². The molecule has 1 N–H and O–H groups in total. The molecule has 5 heteroatoms. The van der Waals surface area contributed by atoms with Gasteiger partial charge >= 0.3 is 0 Å². The number of ether oxygens (including phenoxy) is 2. The van der Waals surface area contributed by atoms with Crippen molar-refractivity contribution in [2.24, 2.45) is 0 Å². The quantitative estimate of drug-likeness (QED) is 0.713. The minimum absolute atomic E-state index is 0.000280. The summed E-state index contributed by atoms with van der Waals surface area (Å²) >= 11 is 0. The van der Waals surface area contributed by atoms with Crippen LogP contribution < -0.4 is 5.32 Å². The molecular weight excluding hydrogens is 232 g/mol. The maximum absolute atomic E-state index is 5.70. The van der Waals surface area contributed by atoms with Crippen molar-refractivity contribution >= 4 is 0 Å². The average molecular weight is 254 g/mol. The summed E-state index contributed by atoms with van der Waals surface area (Å²) < 4.78 is 16.2. The first-order chi connectivity index (χ1) is 8.78. The number of oxazole rings is 1. The van der Waals surface area contributed by atoms with Crippen LogP contribution in [0.15, 0.2) is 10.6 Å². The Kier molecular flexibility index (Phi) is 4.74. The molecule has 0 bridgehead atoms. The Morgan fingerprint density at radius 2 is 2.28 bits per heavy atom. The molecular formula is C13H22N2O3. The molecule has 1 aliphatic rings. The minimum Gasteiger partial charge on any atom is -0.444 e. The summed E-state index contributed by atoms with van der Waals surface area (Å²) in [6, 6.07) is 0. The number of aromatic nitrogens is 1. The van der Waals surface area contributed by atoms with E-state index in [1.54, 1.807) is 14.2 Å². The summed E-state index contributed by atoms with van der Waals surface area (Å²) in [5, 5.41) is 3.21. The normalized spacial score (nSPS) is 17.7.